The van der Waals surface area contributed by atoms with E-state index >= 15 is 0 Å². The molecule has 1 rings (SSSR count). The Labute approximate surface area is 89.3 Å². The first-order valence-corrected chi connectivity index (χ1v) is 5.60. The second-order valence-electron chi connectivity index (χ2n) is 3.93. The van der Waals surface area contributed by atoms with Crippen LogP contribution in [0.25, 0.3) is 0 Å². The summed E-state index contributed by atoms with van der Waals surface area (Å²) in [5.41, 5.74) is 7.01. The molecular formula is C10H18N2OS. The number of nitrogens with zero attached hydrogens (tertiary/aromatic N) is 1. The van der Waals surface area contributed by atoms with Gasteiger partial charge in [-0.25, -0.2) is 4.98 Å². The topological polar surface area (TPSA) is 48.1 Å². The highest BCUT2D eigenvalue weighted by molar-refractivity contribution is 7.09. The highest BCUT2D eigenvalue weighted by atomic mass is 32.1. The van der Waals surface area contributed by atoms with Crippen molar-refractivity contribution in [3.05, 3.63) is 16.1 Å². The van der Waals surface area contributed by atoms with Gasteiger partial charge >= 0.3 is 0 Å². The minimum Gasteiger partial charge on any atom is -0.385 e. The molecule has 1 aromatic heterocycles. The minimum atomic E-state index is -0.212. The van der Waals surface area contributed by atoms with Gasteiger partial charge in [-0.1, -0.05) is 0 Å². The number of hydrogen-bond acceptors (Lipinski definition) is 4. The van der Waals surface area contributed by atoms with Gasteiger partial charge in [-0.2, -0.15) is 0 Å². The van der Waals surface area contributed by atoms with Crippen molar-refractivity contribution in [1.29, 1.82) is 0 Å². The van der Waals surface area contributed by atoms with Crippen molar-refractivity contribution >= 4 is 11.3 Å². The zero-order valence-electron chi connectivity index (χ0n) is 9.04. The van der Waals surface area contributed by atoms with Gasteiger partial charge in [-0.15, -0.1) is 11.3 Å². The van der Waals surface area contributed by atoms with Crippen LogP contribution in [0.1, 0.15) is 24.0 Å². The Bertz CT molecular complexity index is 283. The lowest BCUT2D eigenvalue weighted by Gasteiger charge is -2.23. The summed E-state index contributed by atoms with van der Waals surface area (Å²) in [5, 5.41) is 3.18. The molecule has 14 heavy (non-hydrogen) atoms. The normalized spacial score (nSPS) is 15.4. The molecule has 2 N–H and O–H groups in total. The van der Waals surface area contributed by atoms with Gasteiger partial charge in [0.1, 0.15) is 0 Å². The van der Waals surface area contributed by atoms with Gasteiger partial charge in [0.15, 0.2) is 0 Å². The Morgan fingerprint density at radius 2 is 2.36 bits per heavy atom. The van der Waals surface area contributed by atoms with Crippen molar-refractivity contribution in [2.24, 2.45) is 5.73 Å². The third-order valence-corrected chi connectivity index (χ3v) is 2.95. The van der Waals surface area contributed by atoms with Crippen LogP contribution in [0, 0.1) is 6.92 Å². The van der Waals surface area contributed by atoms with Gasteiger partial charge in [0, 0.05) is 31.1 Å². The molecule has 0 amide bonds. The lowest BCUT2D eigenvalue weighted by molar-refractivity contribution is 0.171. The molecule has 0 fully saturated rings. The second-order valence-corrected chi connectivity index (χ2v) is 4.99. The first-order valence-electron chi connectivity index (χ1n) is 4.72. The number of methoxy groups -OCH3 is 1. The fraction of sp³-hybridized carbons (Fsp3) is 0.700. The summed E-state index contributed by atoms with van der Waals surface area (Å²) in [6.45, 7) is 4.76. The SMILES string of the molecule is COCCC(C)(N)Cc1csc(C)n1. The molecule has 1 heterocycles. The van der Waals surface area contributed by atoms with Crippen molar-refractivity contribution in [2.75, 3.05) is 13.7 Å². The summed E-state index contributed by atoms with van der Waals surface area (Å²) in [4.78, 5) is 4.40. The minimum absolute atomic E-state index is 0.212. The van der Waals surface area contributed by atoms with Gasteiger partial charge in [0.05, 0.1) is 10.7 Å². The summed E-state index contributed by atoms with van der Waals surface area (Å²) in [6, 6.07) is 0. The maximum atomic E-state index is 6.13. The molecule has 0 aliphatic rings. The number of rotatable bonds is 5. The van der Waals surface area contributed by atoms with Crippen LogP contribution < -0.4 is 5.73 Å². The molecule has 4 heteroatoms. The maximum absolute atomic E-state index is 6.13. The Morgan fingerprint density at radius 3 is 2.86 bits per heavy atom. The summed E-state index contributed by atoms with van der Waals surface area (Å²) < 4.78 is 5.02. The molecule has 0 aliphatic heterocycles. The zero-order chi connectivity index (χ0) is 10.6. The number of aromatic nitrogens is 1. The number of aryl methyl sites for hydroxylation is 1. The Kier molecular flexibility index (Phi) is 4.04. The fourth-order valence-electron chi connectivity index (χ4n) is 1.33. The molecule has 0 radical (unpaired) electrons. The number of hydrogen-bond donors (Lipinski definition) is 1. The molecule has 0 saturated heterocycles. The first-order chi connectivity index (χ1) is 6.53. The van der Waals surface area contributed by atoms with Gasteiger partial charge < -0.3 is 10.5 Å². The van der Waals surface area contributed by atoms with Crippen molar-refractivity contribution in [3.8, 4) is 0 Å². The van der Waals surface area contributed by atoms with Crippen LogP contribution in [-0.2, 0) is 11.2 Å². The van der Waals surface area contributed by atoms with E-state index in [1.165, 1.54) is 0 Å². The van der Waals surface area contributed by atoms with Gasteiger partial charge in [0.2, 0.25) is 0 Å². The lowest BCUT2D eigenvalue weighted by atomic mass is 9.94. The van der Waals surface area contributed by atoms with E-state index in [2.05, 4.69) is 10.4 Å². The predicted octanol–water partition coefficient (Wildman–Crippen LogP) is 1.75. The number of nitrogens with two attached hydrogens (primary N) is 1. The van der Waals surface area contributed by atoms with Crippen LogP contribution >= 0.6 is 11.3 Å². The van der Waals surface area contributed by atoms with E-state index in [4.69, 9.17) is 10.5 Å². The van der Waals surface area contributed by atoms with Crippen molar-refractivity contribution in [1.82, 2.24) is 4.98 Å². The summed E-state index contributed by atoms with van der Waals surface area (Å²) in [7, 11) is 1.70. The van der Waals surface area contributed by atoms with Crippen LogP contribution in [0.5, 0.6) is 0 Å². The molecule has 3 nitrogen and oxygen atoms in total. The molecule has 0 spiro atoms. The Hall–Kier alpha value is -0.450. The summed E-state index contributed by atoms with van der Waals surface area (Å²) in [6.07, 6.45) is 1.68. The van der Waals surface area contributed by atoms with Gasteiger partial charge in [0.25, 0.3) is 0 Å². The molecule has 0 saturated carbocycles. The van der Waals surface area contributed by atoms with Crippen molar-refractivity contribution < 1.29 is 4.74 Å². The van der Waals surface area contributed by atoms with E-state index in [9.17, 15) is 0 Å². The molecule has 1 unspecified atom stereocenters. The quantitative estimate of drug-likeness (QED) is 0.812. The van der Waals surface area contributed by atoms with E-state index in [0.29, 0.717) is 6.61 Å². The third-order valence-electron chi connectivity index (χ3n) is 2.13. The van der Waals surface area contributed by atoms with Crippen molar-refractivity contribution in [2.45, 2.75) is 32.2 Å². The van der Waals surface area contributed by atoms with E-state index in [1.807, 2.05) is 13.8 Å². The average Bonchev–Trinajstić information content (AvgIpc) is 2.47. The van der Waals surface area contributed by atoms with Crippen LogP contribution in [0.4, 0.5) is 0 Å². The average molecular weight is 214 g/mol. The number of thiazole rings is 1. The van der Waals surface area contributed by atoms with Crippen LogP contribution in [-0.4, -0.2) is 24.2 Å². The molecule has 80 valence electrons. The number of ether oxygens (including phenoxy) is 1. The van der Waals surface area contributed by atoms with E-state index in [-0.39, 0.29) is 5.54 Å². The Morgan fingerprint density at radius 1 is 1.64 bits per heavy atom. The van der Waals surface area contributed by atoms with Crippen LogP contribution in [0.3, 0.4) is 0 Å². The standard InChI is InChI=1S/C10H18N2OS/c1-8-12-9(7-14-8)6-10(2,11)4-5-13-3/h7H,4-6,11H2,1-3H3. The highest BCUT2D eigenvalue weighted by Crippen LogP contribution is 2.16. The molecule has 0 aromatic carbocycles. The lowest BCUT2D eigenvalue weighted by Crippen LogP contribution is -2.39. The largest absolute Gasteiger partial charge is 0.385 e. The smallest absolute Gasteiger partial charge is 0.0897 e. The first kappa shape index (κ1) is 11.6. The highest BCUT2D eigenvalue weighted by Gasteiger charge is 2.19. The van der Waals surface area contributed by atoms with E-state index in [0.717, 1.165) is 23.5 Å². The maximum Gasteiger partial charge on any atom is 0.0897 e. The zero-order valence-corrected chi connectivity index (χ0v) is 9.86. The Balaban J connectivity index is 2.49. The van der Waals surface area contributed by atoms with Gasteiger partial charge in [-0.3, -0.25) is 0 Å². The van der Waals surface area contributed by atoms with E-state index < -0.39 is 0 Å². The van der Waals surface area contributed by atoms with Crippen LogP contribution in [0.2, 0.25) is 0 Å². The van der Waals surface area contributed by atoms with Crippen LogP contribution in [0.15, 0.2) is 5.38 Å². The third kappa shape index (κ3) is 3.74. The molecule has 0 bridgehead atoms. The predicted molar refractivity (Wildman–Crippen MR) is 59.6 cm³/mol. The second kappa shape index (κ2) is 4.87. The molecular weight excluding hydrogens is 196 g/mol. The fourth-order valence-corrected chi connectivity index (χ4v) is 1.94. The molecule has 0 aliphatic carbocycles. The van der Waals surface area contributed by atoms with Crippen molar-refractivity contribution in [3.63, 3.8) is 0 Å². The monoisotopic (exact) mass is 214 g/mol. The van der Waals surface area contributed by atoms with E-state index in [1.54, 1.807) is 18.4 Å². The molecule has 1 aromatic rings. The summed E-state index contributed by atoms with van der Waals surface area (Å²) >= 11 is 1.67. The summed E-state index contributed by atoms with van der Waals surface area (Å²) in [5.74, 6) is 0. The molecule has 1 atom stereocenters. The van der Waals surface area contributed by atoms with Gasteiger partial charge in [-0.05, 0) is 20.3 Å².